The number of benzene rings is 2. The van der Waals surface area contributed by atoms with Crippen molar-refractivity contribution in [1.82, 2.24) is 0 Å². The Labute approximate surface area is 146 Å². The molecular weight excluding hydrogens is 318 g/mol. The Hall–Kier alpha value is -1.81. The average Bonchev–Trinajstić information content (AvgIpc) is 2.46. The summed E-state index contributed by atoms with van der Waals surface area (Å²) in [6.45, 7) is 6.65. The molecule has 0 radical (unpaired) electrons. The lowest BCUT2D eigenvalue weighted by Gasteiger charge is -2.11. The largest absolute Gasteiger partial charge is 0.284 e. The summed E-state index contributed by atoms with van der Waals surface area (Å²) >= 11 is 0. The van der Waals surface area contributed by atoms with Crippen LogP contribution >= 0.6 is 0 Å². The second-order valence-corrected chi connectivity index (χ2v) is 8.64. The standard InChI is InChI=1S/C20H27NO2S/c1-15(2)6-5-7-17-8-13-20(16(3)14-17)18-9-11-19(12-10-18)21-24(4,22)23/h8-15,21H,5-7H2,1-4H3. The van der Waals surface area contributed by atoms with E-state index in [0.29, 0.717) is 5.69 Å². The Morgan fingerprint density at radius 1 is 1.04 bits per heavy atom. The van der Waals surface area contributed by atoms with Gasteiger partial charge in [0, 0.05) is 5.69 Å². The van der Waals surface area contributed by atoms with Gasteiger partial charge in [0.15, 0.2) is 0 Å². The third-order valence-electron chi connectivity index (χ3n) is 4.04. The minimum absolute atomic E-state index is 0.587. The first-order valence-corrected chi connectivity index (χ1v) is 10.3. The second kappa shape index (κ2) is 7.84. The maximum absolute atomic E-state index is 11.3. The minimum Gasteiger partial charge on any atom is -0.284 e. The maximum Gasteiger partial charge on any atom is 0.229 e. The van der Waals surface area contributed by atoms with Crippen molar-refractivity contribution >= 4 is 15.7 Å². The summed E-state index contributed by atoms with van der Waals surface area (Å²) in [5.74, 6) is 0.754. The minimum atomic E-state index is -3.23. The topological polar surface area (TPSA) is 46.2 Å². The molecule has 0 unspecified atom stereocenters. The van der Waals surface area contributed by atoms with E-state index >= 15 is 0 Å². The van der Waals surface area contributed by atoms with Crippen molar-refractivity contribution in [3.63, 3.8) is 0 Å². The summed E-state index contributed by atoms with van der Waals surface area (Å²) < 4.78 is 25.0. The lowest BCUT2D eigenvalue weighted by Crippen LogP contribution is -2.09. The van der Waals surface area contributed by atoms with E-state index in [1.54, 1.807) is 12.1 Å². The SMILES string of the molecule is Cc1cc(CCCC(C)C)ccc1-c1ccc(NS(C)(=O)=O)cc1. The van der Waals surface area contributed by atoms with Crippen molar-refractivity contribution in [3.05, 3.63) is 53.6 Å². The van der Waals surface area contributed by atoms with E-state index in [4.69, 9.17) is 0 Å². The highest BCUT2D eigenvalue weighted by Gasteiger charge is 2.06. The van der Waals surface area contributed by atoms with Crippen LogP contribution in [0.3, 0.4) is 0 Å². The van der Waals surface area contributed by atoms with Crippen LogP contribution in [0.15, 0.2) is 42.5 Å². The highest BCUT2D eigenvalue weighted by molar-refractivity contribution is 7.92. The van der Waals surface area contributed by atoms with E-state index < -0.39 is 10.0 Å². The molecule has 0 aliphatic carbocycles. The molecule has 0 heterocycles. The molecule has 0 saturated heterocycles. The molecule has 0 fully saturated rings. The molecule has 0 spiro atoms. The quantitative estimate of drug-likeness (QED) is 0.766. The van der Waals surface area contributed by atoms with E-state index in [2.05, 4.69) is 43.7 Å². The van der Waals surface area contributed by atoms with Crippen LogP contribution in [0.1, 0.15) is 37.8 Å². The van der Waals surface area contributed by atoms with Crippen molar-refractivity contribution < 1.29 is 8.42 Å². The molecule has 0 aliphatic heterocycles. The Balaban J connectivity index is 2.11. The van der Waals surface area contributed by atoms with Gasteiger partial charge in [-0.3, -0.25) is 4.72 Å². The molecule has 0 atom stereocenters. The van der Waals surface area contributed by atoms with Crippen LogP contribution in [0, 0.1) is 12.8 Å². The van der Waals surface area contributed by atoms with Crippen LogP contribution in [0.4, 0.5) is 5.69 Å². The fourth-order valence-corrected chi connectivity index (χ4v) is 3.42. The molecule has 0 amide bonds. The predicted octanol–water partition coefficient (Wildman–Crippen LogP) is 5.01. The fourth-order valence-electron chi connectivity index (χ4n) is 2.85. The summed E-state index contributed by atoms with van der Waals surface area (Å²) in [7, 11) is -3.23. The molecular formula is C20H27NO2S. The third kappa shape index (κ3) is 5.68. The van der Waals surface area contributed by atoms with Crippen LogP contribution in [-0.2, 0) is 16.4 Å². The molecule has 0 aliphatic rings. The van der Waals surface area contributed by atoms with Crippen molar-refractivity contribution in [2.75, 3.05) is 11.0 Å². The average molecular weight is 346 g/mol. The number of anilines is 1. The Kier molecular flexibility index (Phi) is 6.05. The molecule has 130 valence electrons. The van der Waals surface area contributed by atoms with Gasteiger partial charge in [0.25, 0.3) is 0 Å². The maximum atomic E-state index is 11.3. The number of rotatable bonds is 7. The lowest BCUT2D eigenvalue weighted by atomic mass is 9.95. The van der Waals surface area contributed by atoms with Gasteiger partial charge in [-0.05, 0) is 60.1 Å². The summed E-state index contributed by atoms with van der Waals surface area (Å²) in [6, 6.07) is 14.1. The lowest BCUT2D eigenvalue weighted by molar-refractivity contribution is 0.556. The summed E-state index contributed by atoms with van der Waals surface area (Å²) in [5.41, 5.74) is 5.51. The highest BCUT2D eigenvalue weighted by atomic mass is 32.2. The molecule has 1 N–H and O–H groups in total. The van der Waals surface area contributed by atoms with Crippen LogP contribution < -0.4 is 4.72 Å². The molecule has 0 aromatic heterocycles. The van der Waals surface area contributed by atoms with Gasteiger partial charge in [-0.1, -0.05) is 50.6 Å². The van der Waals surface area contributed by atoms with Gasteiger partial charge in [-0.25, -0.2) is 8.42 Å². The predicted molar refractivity (Wildman–Crippen MR) is 103 cm³/mol. The van der Waals surface area contributed by atoms with Gasteiger partial charge in [-0.2, -0.15) is 0 Å². The first-order valence-electron chi connectivity index (χ1n) is 8.42. The Morgan fingerprint density at radius 3 is 2.25 bits per heavy atom. The van der Waals surface area contributed by atoms with Gasteiger partial charge in [0.05, 0.1) is 6.26 Å². The molecule has 0 bridgehead atoms. The molecule has 0 saturated carbocycles. The summed E-state index contributed by atoms with van der Waals surface area (Å²) in [4.78, 5) is 0. The Morgan fingerprint density at radius 2 is 1.71 bits per heavy atom. The fraction of sp³-hybridized carbons (Fsp3) is 0.400. The molecule has 2 aromatic rings. The summed E-state index contributed by atoms with van der Waals surface area (Å²) in [6.07, 6.45) is 4.76. The number of hydrogen-bond acceptors (Lipinski definition) is 2. The second-order valence-electron chi connectivity index (χ2n) is 6.89. The van der Waals surface area contributed by atoms with E-state index in [0.717, 1.165) is 24.2 Å². The summed E-state index contributed by atoms with van der Waals surface area (Å²) in [5, 5.41) is 0. The van der Waals surface area contributed by atoms with Crippen molar-refractivity contribution in [1.29, 1.82) is 0 Å². The van der Waals surface area contributed by atoms with Crippen LogP contribution in [-0.4, -0.2) is 14.7 Å². The molecule has 24 heavy (non-hydrogen) atoms. The normalized spacial score (nSPS) is 11.7. The van der Waals surface area contributed by atoms with E-state index in [1.165, 1.54) is 29.5 Å². The van der Waals surface area contributed by atoms with Gasteiger partial charge in [0.2, 0.25) is 10.0 Å². The van der Waals surface area contributed by atoms with E-state index in [9.17, 15) is 8.42 Å². The Bertz CT molecular complexity index is 778. The first-order chi connectivity index (χ1) is 11.2. The number of hydrogen-bond donors (Lipinski definition) is 1. The van der Waals surface area contributed by atoms with E-state index in [-0.39, 0.29) is 0 Å². The van der Waals surface area contributed by atoms with Crippen LogP contribution in [0.5, 0.6) is 0 Å². The van der Waals surface area contributed by atoms with Crippen molar-refractivity contribution in [2.45, 2.75) is 40.0 Å². The monoisotopic (exact) mass is 345 g/mol. The molecule has 2 aromatic carbocycles. The molecule has 4 heteroatoms. The number of aryl methyl sites for hydroxylation is 2. The number of nitrogens with one attached hydrogen (secondary N) is 1. The van der Waals surface area contributed by atoms with Gasteiger partial charge < -0.3 is 0 Å². The van der Waals surface area contributed by atoms with Crippen LogP contribution in [0.2, 0.25) is 0 Å². The van der Waals surface area contributed by atoms with E-state index in [1.807, 2.05) is 12.1 Å². The van der Waals surface area contributed by atoms with Gasteiger partial charge >= 0.3 is 0 Å². The first kappa shape index (κ1) is 18.5. The number of sulfonamides is 1. The van der Waals surface area contributed by atoms with Crippen LogP contribution in [0.25, 0.3) is 11.1 Å². The van der Waals surface area contributed by atoms with Crippen molar-refractivity contribution in [2.24, 2.45) is 5.92 Å². The molecule has 2 rings (SSSR count). The van der Waals surface area contributed by atoms with Crippen molar-refractivity contribution in [3.8, 4) is 11.1 Å². The third-order valence-corrected chi connectivity index (χ3v) is 4.64. The van der Waals surface area contributed by atoms with Gasteiger partial charge in [0.1, 0.15) is 0 Å². The smallest absolute Gasteiger partial charge is 0.229 e. The zero-order valence-corrected chi connectivity index (χ0v) is 15.8. The van der Waals surface area contributed by atoms with Gasteiger partial charge in [-0.15, -0.1) is 0 Å². The zero-order valence-electron chi connectivity index (χ0n) is 15.0. The zero-order chi connectivity index (χ0) is 17.7. The highest BCUT2D eigenvalue weighted by Crippen LogP contribution is 2.26. The molecule has 3 nitrogen and oxygen atoms in total.